The Morgan fingerprint density at radius 1 is 1.44 bits per heavy atom. The van der Waals surface area contributed by atoms with Gasteiger partial charge in [-0.25, -0.2) is 4.57 Å². The number of aromatic nitrogens is 1. The van der Waals surface area contributed by atoms with Crippen molar-refractivity contribution in [3.63, 3.8) is 0 Å². The number of aromatic hydroxyl groups is 1. The molecule has 0 fully saturated rings. The van der Waals surface area contributed by atoms with Crippen LogP contribution < -0.4 is 0 Å². The number of phosphoric acid groups is 1. The van der Waals surface area contributed by atoms with Crippen molar-refractivity contribution in [1.82, 2.24) is 4.98 Å². The molecule has 0 aliphatic rings. The average molecular weight is 279 g/mol. The Morgan fingerprint density at radius 3 is 2.67 bits per heavy atom. The van der Waals surface area contributed by atoms with Crippen LogP contribution in [-0.2, 0) is 27.0 Å². The molecule has 1 aromatic heterocycles. The van der Waals surface area contributed by atoms with Gasteiger partial charge in [-0.05, 0) is 6.92 Å². The first-order valence-corrected chi connectivity index (χ1v) is 6.43. The van der Waals surface area contributed by atoms with E-state index in [0.717, 1.165) is 0 Å². The molecule has 102 valence electrons. The van der Waals surface area contributed by atoms with E-state index in [1.807, 2.05) is 0 Å². The lowest BCUT2D eigenvalue weighted by Gasteiger charge is -2.11. The number of ether oxygens (including phenoxy) is 1. The molecule has 0 aliphatic heterocycles. The van der Waals surface area contributed by atoms with Gasteiger partial charge in [-0.3, -0.25) is 9.51 Å². The fourth-order valence-electron chi connectivity index (χ4n) is 1.24. The first kappa shape index (κ1) is 15.0. The number of rotatable bonds is 6. The third-order valence-electron chi connectivity index (χ3n) is 2.15. The van der Waals surface area contributed by atoms with Crippen LogP contribution in [0.2, 0.25) is 0 Å². The monoisotopic (exact) mass is 279 g/mol. The average Bonchev–Trinajstić information content (AvgIpc) is 2.28. The summed E-state index contributed by atoms with van der Waals surface area (Å²) in [5.41, 5.74) is 1.04. The van der Waals surface area contributed by atoms with Crippen LogP contribution in [-0.4, -0.2) is 31.8 Å². The van der Waals surface area contributed by atoms with E-state index < -0.39 is 21.2 Å². The lowest BCUT2D eigenvalue weighted by Crippen LogP contribution is -2.03. The minimum Gasteiger partial charge on any atom is -0.506 e. The van der Waals surface area contributed by atoms with E-state index in [9.17, 15) is 9.67 Å². The Bertz CT molecular complexity index is 458. The minimum atomic E-state index is -4.56. The van der Waals surface area contributed by atoms with E-state index in [2.05, 4.69) is 9.51 Å². The van der Waals surface area contributed by atoms with E-state index in [1.165, 1.54) is 6.20 Å². The predicted molar refractivity (Wildman–Crippen MR) is 59.3 cm³/mol. The second-order valence-corrected chi connectivity index (χ2v) is 4.68. The van der Waals surface area contributed by atoms with Crippen molar-refractivity contribution >= 4 is 7.82 Å². The molecule has 0 saturated carbocycles. The van der Waals surface area contributed by atoms with Crippen molar-refractivity contribution in [2.24, 2.45) is 0 Å². The molecule has 18 heavy (non-hydrogen) atoms. The molecule has 0 saturated heterocycles. The summed E-state index contributed by atoms with van der Waals surface area (Å²) in [6.45, 7) is 0.476. The number of phosphoric ester groups is 1. The van der Waals surface area contributed by atoms with Crippen LogP contribution in [0, 0.1) is 6.92 Å². The van der Waals surface area contributed by atoms with Gasteiger partial charge in [0.1, 0.15) is 5.75 Å². The van der Waals surface area contributed by atoms with Crippen molar-refractivity contribution in [2.45, 2.75) is 20.1 Å². The first-order valence-electron chi connectivity index (χ1n) is 4.90. The summed E-state index contributed by atoms with van der Waals surface area (Å²) < 4.78 is 19.3. The fraction of sp³-hybridized carbons (Fsp3) is 0.444. The van der Waals surface area contributed by atoms with Gasteiger partial charge >= 0.3 is 7.82 Å². The molecule has 1 aromatic rings. The molecule has 0 aliphatic carbocycles. The van der Waals surface area contributed by atoms with E-state index >= 15 is 0 Å². The second kappa shape index (κ2) is 6.24. The third-order valence-corrected chi connectivity index (χ3v) is 2.59. The van der Waals surface area contributed by atoms with Crippen LogP contribution in [0.15, 0.2) is 6.20 Å². The number of pyridine rings is 1. The predicted octanol–water partition coefficient (Wildman–Crippen LogP) is 0.171. The molecular formula is C9H14NO7P. The zero-order valence-electron chi connectivity index (χ0n) is 9.61. The van der Waals surface area contributed by atoms with Gasteiger partial charge in [-0.15, -0.1) is 0 Å². The largest absolute Gasteiger partial charge is 0.506 e. The Morgan fingerprint density at radius 2 is 2.11 bits per heavy atom. The maximum absolute atomic E-state index is 10.4. The zero-order chi connectivity index (χ0) is 13.8. The lowest BCUT2D eigenvalue weighted by molar-refractivity contribution is -0.0115. The molecule has 0 amide bonds. The van der Waals surface area contributed by atoms with Gasteiger partial charge in [-0.1, -0.05) is 0 Å². The minimum absolute atomic E-state index is 0.100. The van der Waals surface area contributed by atoms with Crippen LogP contribution in [0.25, 0.3) is 0 Å². The Kier molecular flexibility index (Phi) is 5.21. The van der Waals surface area contributed by atoms with E-state index in [-0.39, 0.29) is 17.9 Å². The highest BCUT2D eigenvalue weighted by atomic mass is 31.2. The quantitative estimate of drug-likeness (QED) is 0.329. The van der Waals surface area contributed by atoms with Crippen LogP contribution in [0.3, 0.4) is 0 Å². The fourth-order valence-corrected chi connectivity index (χ4v) is 1.45. The normalized spacial score (nSPS) is 11.8. The standard InChI is InChI=1S/C9H14NO7P/c1-6-9(12)8(3-11)7(2-10-6)4-16-5-17-18(13,14)15/h2,11-12H,3-5H2,1H3,(H2,13,14,15). The highest BCUT2D eigenvalue weighted by Crippen LogP contribution is 2.35. The highest BCUT2D eigenvalue weighted by molar-refractivity contribution is 7.46. The van der Waals surface area contributed by atoms with Gasteiger partial charge in [0.25, 0.3) is 0 Å². The van der Waals surface area contributed by atoms with Crippen molar-refractivity contribution in [2.75, 3.05) is 6.79 Å². The molecule has 0 bridgehead atoms. The molecular weight excluding hydrogens is 265 g/mol. The van der Waals surface area contributed by atoms with Crippen molar-refractivity contribution < 1.29 is 33.8 Å². The van der Waals surface area contributed by atoms with Gasteiger partial charge in [0, 0.05) is 17.3 Å². The summed E-state index contributed by atoms with van der Waals surface area (Å²) in [6.07, 6.45) is 1.40. The Hall–Kier alpha value is -1.02. The SMILES string of the molecule is Cc1ncc(COCOP(=O)(O)O)c(CO)c1O. The Labute approximate surface area is 103 Å². The molecule has 8 nitrogen and oxygen atoms in total. The van der Waals surface area contributed by atoms with Crippen molar-refractivity contribution in [1.29, 1.82) is 0 Å². The van der Waals surface area contributed by atoms with Gasteiger partial charge in [-0.2, -0.15) is 0 Å². The molecule has 9 heteroatoms. The number of aliphatic hydroxyl groups excluding tert-OH is 1. The maximum Gasteiger partial charge on any atom is 0.471 e. The number of aliphatic hydroxyl groups is 1. The zero-order valence-corrected chi connectivity index (χ0v) is 10.5. The molecule has 0 atom stereocenters. The highest BCUT2D eigenvalue weighted by Gasteiger charge is 2.14. The maximum atomic E-state index is 10.4. The number of hydrogen-bond acceptors (Lipinski definition) is 6. The number of hydrogen-bond donors (Lipinski definition) is 4. The topological polar surface area (TPSA) is 129 Å². The summed E-state index contributed by atoms with van der Waals surface area (Å²) in [6, 6.07) is 0. The van der Waals surface area contributed by atoms with Crippen LogP contribution in [0.5, 0.6) is 5.75 Å². The first-order chi connectivity index (χ1) is 8.35. The van der Waals surface area contributed by atoms with Gasteiger partial charge in [0.15, 0.2) is 6.79 Å². The van der Waals surface area contributed by atoms with Gasteiger partial charge in [0.05, 0.1) is 18.9 Å². The summed E-state index contributed by atoms with van der Waals surface area (Å²) in [5, 5.41) is 18.7. The molecule has 1 heterocycles. The summed E-state index contributed by atoms with van der Waals surface area (Å²) in [5.74, 6) is -0.130. The molecule has 0 radical (unpaired) electrons. The van der Waals surface area contributed by atoms with E-state index in [4.69, 9.17) is 19.6 Å². The molecule has 0 spiro atoms. The summed E-state index contributed by atoms with van der Waals surface area (Å²) >= 11 is 0. The lowest BCUT2D eigenvalue weighted by atomic mass is 10.1. The Balaban J connectivity index is 2.63. The second-order valence-electron chi connectivity index (χ2n) is 3.44. The smallest absolute Gasteiger partial charge is 0.471 e. The summed E-state index contributed by atoms with van der Waals surface area (Å²) in [4.78, 5) is 20.7. The molecule has 4 N–H and O–H groups in total. The van der Waals surface area contributed by atoms with Crippen molar-refractivity contribution in [3.8, 4) is 5.75 Å². The van der Waals surface area contributed by atoms with Crippen LogP contribution >= 0.6 is 7.82 Å². The third kappa shape index (κ3) is 4.34. The molecule has 0 aromatic carbocycles. The molecule has 0 unspecified atom stereocenters. The van der Waals surface area contributed by atoms with Gasteiger partial charge in [0.2, 0.25) is 0 Å². The summed E-state index contributed by atoms with van der Waals surface area (Å²) in [7, 11) is -4.56. The van der Waals surface area contributed by atoms with Gasteiger partial charge < -0.3 is 24.7 Å². The van der Waals surface area contributed by atoms with Crippen molar-refractivity contribution in [3.05, 3.63) is 23.0 Å². The van der Waals surface area contributed by atoms with Crippen LogP contribution in [0.1, 0.15) is 16.8 Å². The number of nitrogens with zero attached hydrogens (tertiary/aromatic N) is 1. The van der Waals surface area contributed by atoms with E-state index in [1.54, 1.807) is 6.92 Å². The number of aryl methyl sites for hydroxylation is 1. The molecule has 1 rings (SSSR count). The van der Waals surface area contributed by atoms with Crippen LogP contribution in [0.4, 0.5) is 0 Å². The van der Waals surface area contributed by atoms with E-state index in [0.29, 0.717) is 11.3 Å².